The molecule has 0 radical (unpaired) electrons. The van der Waals surface area contributed by atoms with E-state index >= 15 is 0 Å². The summed E-state index contributed by atoms with van der Waals surface area (Å²) in [6.45, 7) is 13.4. The van der Waals surface area contributed by atoms with Crippen molar-refractivity contribution in [3.05, 3.63) is 87.2 Å². The van der Waals surface area contributed by atoms with Gasteiger partial charge in [-0.2, -0.15) is 5.26 Å². The number of hydrogen-bond acceptors (Lipinski definition) is 8. The lowest BCUT2D eigenvalue weighted by molar-refractivity contribution is 0.138. The molecule has 4 N–H and O–H groups in total. The number of nitriles is 1. The van der Waals surface area contributed by atoms with Gasteiger partial charge in [0.2, 0.25) is 0 Å². The maximum atomic E-state index is 13.0. The first-order chi connectivity index (χ1) is 19.8. The standard InChI is InChI=1S/C32H37ClN8O/c1-31(2,3)18-36-27-19(15-34)16-35-28-24(27)13-20(14-25(28)33)37-29(26-17-41(39-38-26)32(4,5)6)22-9-8-10-23-21(22)11-12-40(7)30(23)42/h8-14,16-17,29,37-39H,18H2,1-7H3,(H,35,36)/t29-/m0/s1. The summed E-state index contributed by atoms with van der Waals surface area (Å²) in [4.78, 5) is 17.5. The van der Waals surface area contributed by atoms with E-state index in [1.807, 2.05) is 47.6 Å². The average Bonchev–Trinajstić information content (AvgIpc) is 3.43. The summed E-state index contributed by atoms with van der Waals surface area (Å²) in [5.74, 6) is 0. The summed E-state index contributed by atoms with van der Waals surface area (Å²) >= 11 is 6.82. The zero-order valence-corrected chi connectivity index (χ0v) is 25.8. The van der Waals surface area contributed by atoms with E-state index in [1.165, 1.54) is 0 Å². The second-order valence-corrected chi connectivity index (χ2v) is 13.3. The number of aromatic nitrogens is 2. The summed E-state index contributed by atoms with van der Waals surface area (Å²) in [7, 11) is 1.75. The van der Waals surface area contributed by atoms with Gasteiger partial charge in [0, 0.05) is 54.2 Å². The average molecular weight is 585 g/mol. The van der Waals surface area contributed by atoms with Crippen LogP contribution in [-0.4, -0.2) is 26.6 Å². The van der Waals surface area contributed by atoms with E-state index in [2.05, 4.69) is 74.2 Å². The number of hydrogen-bond donors (Lipinski definition) is 4. The van der Waals surface area contributed by atoms with Crippen LogP contribution in [0.1, 0.15) is 58.7 Å². The molecule has 0 amide bonds. The van der Waals surface area contributed by atoms with E-state index in [9.17, 15) is 10.1 Å². The van der Waals surface area contributed by atoms with Gasteiger partial charge in [-0.15, -0.1) is 5.53 Å². The lowest BCUT2D eigenvalue weighted by Crippen LogP contribution is -2.47. The number of aryl methyl sites for hydroxylation is 1. The van der Waals surface area contributed by atoms with Crippen molar-refractivity contribution in [3.63, 3.8) is 0 Å². The number of hydrazine groups is 2. The van der Waals surface area contributed by atoms with Gasteiger partial charge in [-0.25, -0.2) is 0 Å². The highest BCUT2D eigenvalue weighted by molar-refractivity contribution is 6.35. The lowest BCUT2D eigenvalue weighted by atomic mass is 9.96. The van der Waals surface area contributed by atoms with Crippen molar-refractivity contribution >= 4 is 44.7 Å². The second-order valence-electron chi connectivity index (χ2n) is 12.9. The molecule has 218 valence electrons. The minimum atomic E-state index is -0.382. The molecule has 5 rings (SSSR count). The molecule has 1 atom stereocenters. The number of anilines is 2. The SMILES string of the molecule is Cn1ccc2c([C@H](Nc3cc(Cl)c4ncc(C#N)c(NCC(C)(C)C)c4c3)C3=CN(C(C)(C)C)NN3)cccc2c1=O. The molecule has 0 unspecified atom stereocenters. The van der Waals surface area contributed by atoms with E-state index in [0.29, 0.717) is 33.7 Å². The molecular weight excluding hydrogens is 548 g/mol. The number of fused-ring (bicyclic) bond motifs is 2. The molecule has 9 nitrogen and oxygen atoms in total. The Bertz CT molecular complexity index is 1810. The third-order valence-electron chi connectivity index (χ3n) is 7.24. The largest absolute Gasteiger partial charge is 0.383 e. The number of pyridine rings is 2. The Kier molecular flexibility index (Phi) is 7.56. The number of benzene rings is 2. The molecule has 42 heavy (non-hydrogen) atoms. The molecule has 0 bridgehead atoms. The zero-order valence-electron chi connectivity index (χ0n) is 25.1. The maximum absolute atomic E-state index is 13.0. The molecule has 0 aliphatic carbocycles. The van der Waals surface area contributed by atoms with Gasteiger partial charge in [0.05, 0.1) is 33.5 Å². The van der Waals surface area contributed by atoms with E-state index in [-0.39, 0.29) is 22.6 Å². The van der Waals surface area contributed by atoms with Crippen LogP contribution in [-0.2, 0) is 7.05 Å². The van der Waals surface area contributed by atoms with Crippen LogP contribution in [0.5, 0.6) is 0 Å². The Morgan fingerprint density at radius 3 is 2.52 bits per heavy atom. The molecule has 1 aliphatic heterocycles. The number of nitrogens with one attached hydrogen (secondary N) is 4. The maximum Gasteiger partial charge on any atom is 0.258 e. The van der Waals surface area contributed by atoms with E-state index in [1.54, 1.807) is 24.0 Å². The molecule has 2 aromatic heterocycles. The monoisotopic (exact) mass is 584 g/mol. The molecule has 1 aliphatic rings. The first-order valence-corrected chi connectivity index (χ1v) is 14.3. The summed E-state index contributed by atoms with van der Waals surface area (Å²) in [6, 6.07) is 13.5. The van der Waals surface area contributed by atoms with Crippen LogP contribution in [0.25, 0.3) is 21.7 Å². The van der Waals surface area contributed by atoms with Gasteiger partial charge in [-0.1, -0.05) is 44.5 Å². The van der Waals surface area contributed by atoms with Gasteiger partial charge < -0.3 is 20.6 Å². The fourth-order valence-electron chi connectivity index (χ4n) is 4.95. The summed E-state index contributed by atoms with van der Waals surface area (Å²) in [5.41, 5.74) is 10.6. The van der Waals surface area contributed by atoms with Gasteiger partial charge in [-0.3, -0.25) is 14.8 Å². The number of halogens is 1. The number of rotatable bonds is 6. The van der Waals surface area contributed by atoms with Gasteiger partial charge in [0.15, 0.2) is 0 Å². The van der Waals surface area contributed by atoms with Crippen LogP contribution in [0, 0.1) is 16.7 Å². The summed E-state index contributed by atoms with van der Waals surface area (Å²) in [5, 5.41) is 21.7. The Labute approximate surface area is 251 Å². The smallest absolute Gasteiger partial charge is 0.258 e. The van der Waals surface area contributed by atoms with Crippen molar-refractivity contribution in [1.29, 1.82) is 5.26 Å². The molecule has 0 saturated heterocycles. The predicted octanol–water partition coefficient (Wildman–Crippen LogP) is 6.19. The molecule has 0 saturated carbocycles. The fraction of sp³-hybridized carbons (Fsp3) is 0.344. The van der Waals surface area contributed by atoms with Crippen molar-refractivity contribution < 1.29 is 0 Å². The quantitative estimate of drug-likeness (QED) is 0.212. The minimum Gasteiger partial charge on any atom is -0.383 e. The van der Waals surface area contributed by atoms with Crippen LogP contribution < -0.4 is 27.2 Å². The van der Waals surface area contributed by atoms with E-state index in [4.69, 9.17) is 11.6 Å². The van der Waals surface area contributed by atoms with Crippen LogP contribution in [0.4, 0.5) is 11.4 Å². The highest BCUT2D eigenvalue weighted by atomic mass is 35.5. The third-order valence-corrected chi connectivity index (χ3v) is 7.53. The minimum absolute atomic E-state index is 0.00889. The number of nitrogens with zero attached hydrogens (tertiary/aromatic N) is 4. The van der Waals surface area contributed by atoms with Crippen LogP contribution in [0.15, 0.2) is 65.5 Å². The zero-order chi connectivity index (χ0) is 30.4. The van der Waals surface area contributed by atoms with Crippen LogP contribution in [0.3, 0.4) is 0 Å². The Morgan fingerprint density at radius 2 is 1.86 bits per heavy atom. The first kappa shape index (κ1) is 29.2. The normalized spacial score (nSPS) is 14.5. The second kappa shape index (κ2) is 10.9. The van der Waals surface area contributed by atoms with Crippen LogP contribution >= 0.6 is 11.6 Å². The molecule has 4 aromatic rings. The lowest BCUT2D eigenvalue weighted by Gasteiger charge is -2.30. The molecular formula is C32H37ClN8O. The predicted molar refractivity (Wildman–Crippen MR) is 171 cm³/mol. The summed E-state index contributed by atoms with van der Waals surface area (Å²) in [6.07, 6.45) is 5.38. The third kappa shape index (κ3) is 5.73. The first-order valence-electron chi connectivity index (χ1n) is 13.9. The van der Waals surface area contributed by atoms with E-state index < -0.39 is 0 Å². The van der Waals surface area contributed by atoms with Crippen molar-refractivity contribution in [2.75, 3.05) is 17.2 Å². The van der Waals surface area contributed by atoms with Crippen molar-refractivity contribution in [2.24, 2.45) is 12.5 Å². The highest BCUT2D eigenvalue weighted by Gasteiger charge is 2.29. The molecule has 2 aromatic carbocycles. The fourth-order valence-corrected chi connectivity index (χ4v) is 5.22. The molecule has 10 heteroatoms. The highest BCUT2D eigenvalue weighted by Crippen LogP contribution is 2.37. The molecule has 0 spiro atoms. The van der Waals surface area contributed by atoms with Crippen molar-refractivity contribution in [2.45, 2.75) is 53.1 Å². The van der Waals surface area contributed by atoms with Gasteiger partial charge in [-0.05, 0) is 61.4 Å². The Balaban J connectivity index is 1.67. The Morgan fingerprint density at radius 1 is 1.10 bits per heavy atom. The van der Waals surface area contributed by atoms with Crippen molar-refractivity contribution in [3.8, 4) is 6.07 Å². The topological polar surface area (TPSA) is 110 Å². The van der Waals surface area contributed by atoms with Crippen molar-refractivity contribution in [1.82, 2.24) is 25.5 Å². The molecule has 0 fully saturated rings. The Hall–Kier alpha value is -4.26. The molecule has 3 heterocycles. The van der Waals surface area contributed by atoms with E-state index in [0.717, 1.165) is 27.7 Å². The van der Waals surface area contributed by atoms with Gasteiger partial charge in [0.1, 0.15) is 6.07 Å². The van der Waals surface area contributed by atoms with Gasteiger partial charge >= 0.3 is 0 Å². The summed E-state index contributed by atoms with van der Waals surface area (Å²) < 4.78 is 1.58. The van der Waals surface area contributed by atoms with Crippen LogP contribution in [0.2, 0.25) is 5.02 Å². The van der Waals surface area contributed by atoms with Gasteiger partial charge in [0.25, 0.3) is 5.56 Å².